The van der Waals surface area contributed by atoms with Crippen LogP contribution in [0.5, 0.6) is 17.2 Å². The number of benzene rings is 2. The molecule has 0 unspecified atom stereocenters. The summed E-state index contributed by atoms with van der Waals surface area (Å²) in [6, 6.07) is 12.0. The van der Waals surface area contributed by atoms with E-state index in [0.717, 1.165) is 0 Å². The number of fused-ring (bicyclic) bond motifs is 1. The second-order valence-electron chi connectivity index (χ2n) is 5.06. The Bertz CT molecular complexity index is 775. The van der Waals surface area contributed by atoms with Crippen molar-refractivity contribution in [2.45, 2.75) is 0 Å². The summed E-state index contributed by atoms with van der Waals surface area (Å²) in [4.78, 5) is 23.3. The van der Waals surface area contributed by atoms with Crippen molar-refractivity contribution in [1.29, 1.82) is 0 Å². The van der Waals surface area contributed by atoms with Crippen molar-refractivity contribution >= 4 is 23.2 Å². The van der Waals surface area contributed by atoms with E-state index in [1.165, 1.54) is 0 Å². The lowest BCUT2D eigenvalue weighted by Gasteiger charge is -2.18. The molecule has 0 saturated heterocycles. The van der Waals surface area contributed by atoms with Gasteiger partial charge in [-0.15, -0.1) is 0 Å². The fourth-order valence-corrected chi connectivity index (χ4v) is 2.20. The minimum atomic E-state index is -0.319. The maximum Gasteiger partial charge on any atom is 0.262 e. The van der Waals surface area contributed by atoms with Gasteiger partial charge in [-0.05, 0) is 30.3 Å². The van der Waals surface area contributed by atoms with E-state index >= 15 is 0 Å². The number of hydrogen-bond acceptors (Lipinski definition) is 5. The third kappa shape index (κ3) is 3.75. The highest BCUT2D eigenvalue weighted by molar-refractivity contribution is 5.97. The lowest BCUT2D eigenvalue weighted by Crippen LogP contribution is -2.25. The average molecular weight is 328 g/mol. The Morgan fingerprint density at radius 2 is 2.08 bits per heavy atom. The standard InChI is InChI=1S/C17H16N2O5/c1-22-12-3-2-4-13(8-12)23-9-16(20)18-11-5-6-15-14(7-11)19-17(21)10-24-15/h2-8H,9-10H2,1H3,(H,18,20)(H,19,21). The SMILES string of the molecule is COc1cccc(OCC(=O)Nc2ccc3c(c2)NC(=O)CO3)c1. The van der Waals surface area contributed by atoms with Crippen LogP contribution in [0.2, 0.25) is 0 Å². The van der Waals surface area contributed by atoms with E-state index in [9.17, 15) is 9.59 Å². The fraction of sp³-hybridized carbons (Fsp3) is 0.176. The highest BCUT2D eigenvalue weighted by Crippen LogP contribution is 2.30. The van der Waals surface area contributed by atoms with Crippen LogP contribution in [0.3, 0.4) is 0 Å². The van der Waals surface area contributed by atoms with E-state index in [0.29, 0.717) is 28.6 Å². The molecule has 0 bridgehead atoms. The first-order valence-corrected chi connectivity index (χ1v) is 7.27. The van der Waals surface area contributed by atoms with Gasteiger partial charge in [-0.2, -0.15) is 0 Å². The summed E-state index contributed by atoms with van der Waals surface area (Å²) < 4.78 is 15.8. The molecule has 7 heteroatoms. The zero-order chi connectivity index (χ0) is 16.9. The number of carbonyl (C=O) groups is 2. The van der Waals surface area contributed by atoms with E-state index < -0.39 is 0 Å². The third-order valence-corrected chi connectivity index (χ3v) is 3.31. The first-order chi connectivity index (χ1) is 11.6. The Balaban J connectivity index is 1.58. The number of amides is 2. The number of hydrogen-bond donors (Lipinski definition) is 2. The predicted molar refractivity (Wildman–Crippen MR) is 87.7 cm³/mol. The van der Waals surface area contributed by atoms with Crippen LogP contribution in [-0.2, 0) is 9.59 Å². The average Bonchev–Trinajstić information content (AvgIpc) is 2.60. The number of ether oxygens (including phenoxy) is 3. The van der Waals surface area contributed by atoms with Gasteiger partial charge in [0.25, 0.3) is 11.8 Å². The molecule has 0 spiro atoms. The van der Waals surface area contributed by atoms with Gasteiger partial charge in [0.05, 0.1) is 12.8 Å². The molecule has 24 heavy (non-hydrogen) atoms. The summed E-state index contributed by atoms with van der Waals surface area (Å²) >= 11 is 0. The Labute approximate surface area is 138 Å². The monoisotopic (exact) mass is 328 g/mol. The molecule has 0 atom stereocenters. The molecule has 1 aliphatic heterocycles. The summed E-state index contributed by atoms with van der Waals surface area (Å²) in [5.41, 5.74) is 1.07. The Kier molecular flexibility index (Phi) is 4.51. The van der Waals surface area contributed by atoms with Crippen LogP contribution in [0, 0.1) is 0 Å². The van der Waals surface area contributed by atoms with Gasteiger partial charge < -0.3 is 24.8 Å². The second-order valence-corrected chi connectivity index (χ2v) is 5.06. The highest BCUT2D eigenvalue weighted by atomic mass is 16.5. The topological polar surface area (TPSA) is 85.9 Å². The van der Waals surface area contributed by atoms with Crippen molar-refractivity contribution in [2.75, 3.05) is 31.0 Å². The molecule has 0 aromatic heterocycles. The molecular weight excluding hydrogens is 312 g/mol. The molecule has 2 N–H and O–H groups in total. The minimum absolute atomic E-state index is 0.00686. The molecule has 3 rings (SSSR count). The maximum atomic E-state index is 12.0. The first kappa shape index (κ1) is 15.7. The van der Waals surface area contributed by atoms with Crippen molar-refractivity contribution in [2.24, 2.45) is 0 Å². The van der Waals surface area contributed by atoms with Crippen molar-refractivity contribution < 1.29 is 23.8 Å². The van der Waals surface area contributed by atoms with E-state index in [-0.39, 0.29) is 25.0 Å². The molecule has 0 fully saturated rings. The molecule has 0 aliphatic carbocycles. The smallest absolute Gasteiger partial charge is 0.262 e. The van der Waals surface area contributed by atoms with Gasteiger partial charge in [0.1, 0.15) is 17.2 Å². The van der Waals surface area contributed by atoms with Crippen molar-refractivity contribution in [1.82, 2.24) is 0 Å². The lowest BCUT2D eigenvalue weighted by atomic mass is 10.2. The van der Waals surface area contributed by atoms with Crippen LogP contribution in [0.25, 0.3) is 0 Å². The van der Waals surface area contributed by atoms with Crippen LogP contribution in [0.4, 0.5) is 11.4 Å². The number of nitrogens with one attached hydrogen (secondary N) is 2. The quantitative estimate of drug-likeness (QED) is 0.877. The Morgan fingerprint density at radius 3 is 2.92 bits per heavy atom. The van der Waals surface area contributed by atoms with Gasteiger partial charge in [0, 0.05) is 11.8 Å². The summed E-state index contributed by atoms with van der Waals surface area (Å²) in [6.45, 7) is -0.153. The van der Waals surface area contributed by atoms with E-state index in [2.05, 4.69) is 10.6 Å². The first-order valence-electron chi connectivity index (χ1n) is 7.27. The molecule has 2 aromatic carbocycles. The molecular formula is C17H16N2O5. The molecule has 1 aliphatic rings. The van der Waals surface area contributed by atoms with Gasteiger partial charge in [0.15, 0.2) is 13.2 Å². The van der Waals surface area contributed by atoms with Crippen molar-refractivity contribution in [3.05, 3.63) is 42.5 Å². The van der Waals surface area contributed by atoms with Crippen LogP contribution in [0.15, 0.2) is 42.5 Å². The summed E-state index contributed by atoms with van der Waals surface area (Å²) in [6.07, 6.45) is 0. The van der Waals surface area contributed by atoms with Crippen LogP contribution in [0.1, 0.15) is 0 Å². The molecule has 7 nitrogen and oxygen atoms in total. The van der Waals surface area contributed by atoms with Gasteiger partial charge >= 0.3 is 0 Å². The van der Waals surface area contributed by atoms with Gasteiger partial charge in [0.2, 0.25) is 0 Å². The lowest BCUT2D eigenvalue weighted by molar-refractivity contribution is -0.119. The summed E-state index contributed by atoms with van der Waals surface area (Å²) in [5, 5.41) is 5.39. The van der Waals surface area contributed by atoms with E-state index in [4.69, 9.17) is 14.2 Å². The summed E-state index contributed by atoms with van der Waals surface area (Å²) in [5.74, 6) is 1.21. The molecule has 0 radical (unpaired) electrons. The molecule has 0 saturated carbocycles. The van der Waals surface area contributed by atoms with E-state index in [1.54, 1.807) is 49.6 Å². The van der Waals surface area contributed by atoms with Crippen LogP contribution >= 0.6 is 0 Å². The number of rotatable bonds is 5. The van der Waals surface area contributed by atoms with Crippen molar-refractivity contribution in [3.63, 3.8) is 0 Å². The normalized spacial score (nSPS) is 12.5. The number of methoxy groups -OCH3 is 1. The molecule has 124 valence electrons. The second kappa shape index (κ2) is 6.91. The molecule has 1 heterocycles. The third-order valence-electron chi connectivity index (χ3n) is 3.31. The highest BCUT2D eigenvalue weighted by Gasteiger charge is 2.16. The Morgan fingerprint density at radius 1 is 1.25 bits per heavy atom. The van der Waals surface area contributed by atoms with Gasteiger partial charge in [-0.1, -0.05) is 6.07 Å². The number of anilines is 2. The zero-order valence-corrected chi connectivity index (χ0v) is 13.0. The number of carbonyl (C=O) groups excluding carboxylic acids is 2. The predicted octanol–water partition coefficient (Wildman–Crippen LogP) is 2.04. The van der Waals surface area contributed by atoms with Crippen LogP contribution in [-0.4, -0.2) is 32.1 Å². The fourth-order valence-electron chi connectivity index (χ4n) is 2.20. The summed E-state index contributed by atoms with van der Waals surface area (Å²) in [7, 11) is 1.56. The van der Waals surface area contributed by atoms with Crippen molar-refractivity contribution in [3.8, 4) is 17.2 Å². The van der Waals surface area contributed by atoms with Gasteiger partial charge in [-0.25, -0.2) is 0 Å². The zero-order valence-electron chi connectivity index (χ0n) is 13.0. The van der Waals surface area contributed by atoms with Gasteiger partial charge in [-0.3, -0.25) is 9.59 Å². The van der Waals surface area contributed by atoms with E-state index in [1.807, 2.05) is 0 Å². The maximum absolute atomic E-state index is 12.0. The molecule has 2 aromatic rings. The van der Waals surface area contributed by atoms with Crippen LogP contribution < -0.4 is 24.8 Å². The molecule has 2 amide bonds. The largest absolute Gasteiger partial charge is 0.497 e. The minimum Gasteiger partial charge on any atom is -0.497 e. The Hall–Kier alpha value is -3.22.